The number of nitrogen functional groups attached to an aromatic ring is 1. The van der Waals surface area contributed by atoms with Crippen LogP contribution in [0.4, 0.5) is 0 Å². The zero-order chi connectivity index (χ0) is 14.7. The second-order valence-corrected chi connectivity index (χ2v) is 5.32. The lowest BCUT2D eigenvalue weighted by molar-refractivity contribution is 0.0924. The van der Waals surface area contributed by atoms with Gasteiger partial charge in [0, 0.05) is 10.6 Å². The largest absolute Gasteiger partial charge is 0.488 e. The Bertz CT molecular complexity index is 643. The summed E-state index contributed by atoms with van der Waals surface area (Å²) in [6.45, 7) is 2.02. The monoisotopic (exact) mass is 358 g/mol. The lowest BCUT2D eigenvalue weighted by atomic mass is 10.2. The van der Waals surface area contributed by atoms with Crippen molar-refractivity contribution >= 4 is 33.4 Å². The molecule has 2 rings (SSSR count). The summed E-state index contributed by atoms with van der Waals surface area (Å²) in [5.41, 5.74) is 2.78. The number of benzene rings is 1. The average Bonchev–Trinajstić information content (AvgIpc) is 2.78. The van der Waals surface area contributed by atoms with E-state index in [4.69, 9.17) is 26.6 Å². The van der Waals surface area contributed by atoms with Gasteiger partial charge >= 0.3 is 5.91 Å². The molecule has 0 bridgehead atoms. The van der Waals surface area contributed by atoms with Crippen LogP contribution in [0.5, 0.6) is 5.75 Å². The zero-order valence-electron chi connectivity index (χ0n) is 10.6. The van der Waals surface area contributed by atoms with Crippen LogP contribution in [-0.2, 0) is 6.61 Å². The molecular weight excluding hydrogens is 348 g/mol. The van der Waals surface area contributed by atoms with Gasteiger partial charge in [-0.2, -0.15) is 0 Å². The van der Waals surface area contributed by atoms with Crippen LogP contribution in [0.1, 0.15) is 21.9 Å². The van der Waals surface area contributed by atoms with Crippen molar-refractivity contribution in [1.82, 2.24) is 5.43 Å². The molecule has 5 nitrogen and oxygen atoms in total. The third-order valence-electron chi connectivity index (χ3n) is 2.65. The van der Waals surface area contributed by atoms with Crippen LogP contribution in [0.15, 0.2) is 33.2 Å². The van der Waals surface area contributed by atoms with E-state index in [1.165, 1.54) is 0 Å². The molecule has 0 aliphatic heterocycles. The molecule has 0 aliphatic carbocycles. The molecule has 0 saturated heterocycles. The second kappa shape index (κ2) is 6.30. The minimum atomic E-state index is -0.480. The highest BCUT2D eigenvalue weighted by Gasteiger charge is 2.14. The maximum absolute atomic E-state index is 11.4. The Hall–Kier alpha value is -1.50. The van der Waals surface area contributed by atoms with E-state index in [0.29, 0.717) is 16.5 Å². The van der Waals surface area contributed by atoms with Crippen molar-refractivity contribution in [3.05, 3.63) is 50.8 Å². The predicted molar refractivity (Wildman–Crippen MR) is 78.6 cm³/mol. The number of halogens is 2. The van der Waals surface area contributed by atoms with Crippen molar-refractivity contribution < 1.29 is 13.9 Å². The quantitative estimate of drug-likeness (QED) is 0.499. The van der Waals surface area contributed by atoms with E-state index < -0.39 is 5.91 Å². The van der Waals surface area contributed by atoms with Crippen molar-refractivity contribution in [1.29, 1.82) is 0 Å². The number of rotatable bonds is 4. The maximum atomic E-state index is 11.4. The van der Waals surface area contributed by atoms with Crippen molar-refractivity contribution in [3.63, 3.8) is 0 Å². The molecular formula is C13H12BrClN2O3. The van der Waals surface area contributed by atoms with Gasteiger partial charge < -0.3 is 9.15 Å². The van der Waals surface area contributed by atoms with Gasteiger partial charge in [0.05, 0.1) is 4.47 Å². The molecule has 3 N–H and O–H groups in total. The van der Waals surface area contributed by atoms with E-state index >= 15 is 0 Å². The molecule has 0 aliphatic rings. The Morgan fingerprint density at radius 2 is 2.25 bits per heavy atom. The molecule has 1 amide bonds. The molecule has 1 heterocycles. The van der Waals surface area contributed by atoms with Gasteiger partial charge in [-0.3, -0.25) is 10.2 Å². The summed E-state index contributed by atoms with van der Waals surface area (Å²) in [5.74, 6) is 5.98. The molecule has 0 radical (unpaired) electrons. The van der Waals surface area contributed by atoms with Gasteiger partial charge in [0.1, 0.15) is 18.1 Å². The van der Waals surface area contributed by atoms with E-state index in [2.05, 4.69) is 15.9 Å². The first-order valence-electron chi connectivity index (χ1n) is 5.69. The Labute approximate surface area is 129 Å². The molecule has 0 saturated carbocycles. The van der Waals surface area contributed by atoms with Crippen LogP contribution >= 0.6 is 27.5 Å². The highest BCUT2D eigenvalue weighted by molar-refractivity contribution is 9.10. The third kappa shape index (κ3) is 3.33. The summed E-state index contributed by atoms with van der Waals surface area (Å²) < 4.78 is 11.7. The molecule has 1 aromatic heterocycles. The lowest BCUT2D eigenvalue weighted by Crippen LogP contribution is -2.29. The first kappa shape index (κ1) is 14.9. The first-order valence-corrected chi connectivity index (χ1v) is 6.86. The van der Waals surface area contributed by atoms with Crippen molar-refractivity contribution in [3.8, 4) is 5.75 Å². The first-order chi connectivity index (χ1) is 9.51. The minimum absolute atomic E-state index is 0.152. The smallest absolute Gasteiger partial charge is 0.300 e. The number of carbonyl (C=O) groups excluding carboxylic acids is 1. The lowest BCUT2D eigenvalue weighted by Gasteiger charge is -2.07. The SMILES string of the molecule is Cc1oc(C(=O)NN)cc1COc1ccc(Cl)cc1Br. The Morgan fingerprint density at radius 1 is 1.50 bits per heavy atom. The number of carbonyl (C=O) groups is 1. The van der Waals surface area contributed by atoms with Gasteiger partial charge in [0.25, 0.3) is 0 Å². The fraction of sp³-hybridized carbons (Fsp3) is 0.154. The third-order valence-corrected chi connectivity index (χ3v) is 3.51. The van der Waals surface area contributed by atoms with Crippen LogP contribution < -0.4 is 16.0 Å². The molecule has 20 heavy (non-hydrogen) atoms. The maximum Gasteiger partial charge on any atom is 0.300 e. The summed E-state index contributed by atoms with van der Waals surface area (Å²) in [6, 6.07) is 6.83. The molecule has 7 heteroatoms. The summed E-state index contributed by atoms with van der Waals surface area (Å²) in [7, 11) is 0. The van der Waals surface area contributed by atoms with Gasteiger partial charge in [-0.1, -0.05) is 11.6 Å². The van der Waals surface area contributed by atoms with Crippen LogP contribution in [0, 0.1) is 6.92 Å². The highest BCUT2D eigenvalue weighted by atomic mass is 79.9. The molecule has 0 atom stereocenters. The van der Waals surface area contributed by atoms with Gasteiger partial charge in [-0.25, -0.2) is 5.84 Å². The summed E-state index contributed by atoms with van der Waals surface area (Å²) in [6.07, 6.45) is 0. The van der Waals surface area contributed by atoms with Crippen LogP contribution in [0.25, 0.3) is 0 Å². The number of hydrogen-bond donors (Lipinski definition) is 2. The molecule has 1 aromatic carbocycles. The number of nitrogens with one attached hydrogen (secondary N) is 1. The highest BCUT2D eigenvalue weighted by Crippen LogP contribution is 2.29. The Morgan fingerprint density at radius 3 is 2.90 bits per heavy atom. The van der Waals surface area contributed by atoms with E-state index in [1.807, 2.05) is 5.43 Å². The molecule has 0 fully saturated rings. The fourth-order valence-corrected chi connectivity index (χ4v) is 2.39. The number of amides is 1. The number of nitrogens with two attached hydrogens (primary N) is 1. The average molecular weight is 360 g/mol. The number of aryl methyl sites for hydroxylation is 1. The van der Waals surface area contributed by atoms with Crippen LogP contribution in [0.3, 0.4) is 0 Å². The fourth-order valence-electron chi connectivity index (χ4n) is 1.59. The summed E-state index contributed by atoms with van der Waals surface area (Å²) in [5, 5.41) is 0.616. The number of hydrogen-bond acceptors (Lipinski definition) is 4. The summed E-state index contributed by atoms with van der Waals surface area (Å²) >= 11 is 9.22. The van der Waals surface area contributed by atoms with Gasteiger partial charge in [0.15, 0.2) is 5.76 Å². The van der Waals surface area contributed by atoms with Crippen molar-refractivity contribution in [2.45, 2.75) is 13.5 Å². The van der Waals surface area contributed by atoms with Crippen molar-refractivity contribution in [2.75, 3.05) is 0 Å². The van der Waals surface area contributed by atoms with Gasteiger partial charge in [-0.15, -0.1) is 0 Å². The molecule has 2 aromatic rings. The molecule has 0 spiro atoms. The zero-order valence-corrected chi connectivity index (χ0v) is 12.9. The Kier molecular flexibility index (Phi) is 4.69. The molecule has 0 unspecified atom stereocenters. The Balaban J connectivity index is 2.11. The second-order valence-electron chi connectivity index (χ2n) is 4.03. The summed E-state index contributed by atoms with van der Waals surface area (Å²) in [4.78, 5) is 11.4. The standard InChI is InChI=1S/C13H12BrClN2O3/c1-7-8(4-12(20-7)13(18)17-16)6-19-11-3-2-9(15)5-10(11)14/h2-5H,6,16H2,1H3,(H,17,18). The number of furan rings is 1. The van der Waals surface area contributed by atoms with Crippen molar-refractivity contribution in [2.24, 2.45) is 5.84 Å². The van der Waals surface area contributed by atoms with Gasteiger partial charge in [0.2, 0.25) is 0 Å². The number of hydrazine groups is 1. The van der Waals surface area contributed by atoms with E-state index in [9.17, 15) is 4.79 Å². The van der Waals surface area contributed by atoms with Gasteiger partial charge in [-0.05, 0) is 47.1 Å². The number of ether oxygens (including phenoxy) is 1. The van der Waals surface area contributed by atoms with E-state index in [1.54, 1.807) is 31.2 Å². The van der Waals surface area contributed by atoms with E-state index in [-0.39, 0.29) is 12.4 Å². The predicted octanol–water partition coefficient (Wildman–Crippen LogP) is 3.19. The van der Waals surface area contributed by atoms with E-state index in [0.717, 1.165) is 10.0 Å². The van der Waals surface area contributed by atoms with Crippen LogP contribution in [0.2, 0.25) is 5.02 Å². The topological polar surface area (TPSA) is 77.5 Å². The minimum Gasteiger partial charge on any atom is -0.488 e. The molecule has 106 valence electrons. The normalized spacial score (nSPS) is 10.4. The van der Waals surface area contributed by atoms with Crippen LogP contribution in [-0.4, -0.2) is 5.91 Å².